The molecule has 1 heterocycles. The summed E-state index contributed by atoms with van der Waals surface area (Å²) in [5.74, 6) is 0.815. The van der Waals surface area contributed by atoms with Gasteiger partial charge in [-0.05, 0) is 49.4 Å². The van der Waals surface area contributed by atoms with E-state index in [0.29, 0.717) is 11.8 Å². The van der Waals surface area contributed by atoms with Crippen LogP contribution in [0.2, 0.25) is 0 Å². The summed E-state index contributed by atoms with van der Waals surface area (Å²) in [4.78, 5) is 3.81. The Labute approximate surface area is 96.3 Å². The molecule has 0 amide bonds. The van der Waals surface area contributed by atoms with Crippen LogP contribution in [0.1, 0.15) is 37.7 Å². The van der Waals surface area contributed by atoms with Crippen molar-refractivity contribution >= 4 is 0 Å². The molecule has 2 atom stereocenters. The summed E-state index contributed by atoms with van der Waals surface area (Å²) in [6.45, 7) is 4.10. The van der Waals surface area contributed by atoms with Gasteiger partial charge in [-0.15, -0.1) is 0 Å². The van der Waals surface area contributed by atoms with Gasteiger partial charge in [0.15, 0.2) is 0 Å². The maximum atomic E-state index is 13.7. The number of pyridine rings is 1. The van der Waals surface area contributed by atoms with Crippen LogP contribution in [-0.2, 0) is 0 Å². The molecule has 2 rings (SSSR count). The number of nitrogens with one attached hydrogen (secondary N) is 1. The molecule has 0 saturated heterocycles. The van der Waals surface area contributed by atoms with Crippen LogP contribution >= 0.6 is 0 Å². The summed E-state index contributed by atoms with van der Waals surface area (Å²) in [7, 11) is 0. The van der Waals surface area contributed by atoms with E-state index in [2.05, 4.69) is 17.2 Å². The third-order valence-electron chi connectivity index (χ3n) is 3.52. The lowest BCUT2D eigenvalue weighted by molar-refractivity contribution is 0.436. The summed E-state index contributed by atoms with van der Waals surface area (Å²) >= 11 is 0. The first kappa shape index (κ1) is 11.5. The lowest BCUT2D eigenvalue weighted by atomic mass is 9.89. The lowest BCUT2D eigenvalue weighted by Crippen LogP contribution is -2.24. The number of hydrogen-bond acceptors (Lipinski definition) is 2. The molecule has 1 aromatic rings. The SMILES string of the molecule is CCNCC1CCCC1c1ccncc1F. The highest BCUT2D eigenvalue weighted by atomic mass is 19.1. The second kappa shape index (κ2) is 5.39. The predicted octanol–water partition coefficient (Wildman–Crippen LogP) is 2.71. The summed E-state index contributed by atoms with van der Waals surface area (Å²) in [6.07, 6.45) is 6.55. The summed E-state index contributed by atoms with van der Waals surface area (Å²) in [6, 6.07) is 1.84. The molecule has 1 aliphatic carbocycles. The number of nitrogens with zero attached hydrogens (tertiary/aromatic N) is 1. The first-order chi connectivity index (χ1) is 7.83. The molecule has 2 unspecified atom stereocenters. The van der Waals surface area contributed by atoms with Crippen molar-refractivity contribution in [1.29, 1.82) is 0 Å². The van der Waals surface area contributed by atoms with E-state index in [1.807, 2.05) is 6.07 Å². The molecule has 0 radical (unpaired) electrons. The third-order valence-corrected chi connectivity index (χ3v) is 3.52. The van der Waals surface area contributed by atoms with E-state index in [4.69, 9.17) is 0 Å². The maximum Gasteiger partial charge on any atom is 0.144 e. The van der Waals surface area contributed by atoms with Gasteiger partial charge >= 0.3 is 0 Å². The van der Waals surface area contributed by atoms with Gasteiger partial charge in [-0.2, -0.15) is 0 Å². The average molecular weight is 222 g/mol. The van der Waals surface area contributed by atoms with Crippen LogP contribution in [0.5, 0.6) is 0 Å². The van der Waals surface area contributed by atoms with Crippen LogP contribution in [0.25, 0.3) is 0 Å². The fraction of sp³-hybridized carbons (Fsp3) is 0.615. The van der Waals surface area contributed by atoms with Crippen molar-refractivity contribution in [1.82, 2.24) is 10.3 Å². The first-order valence-corrected chi connectivity index (χ1v) is 6.13. The van der Waals surface area contributed by atoms with Crippen molar-refractivity contribution in [2.75, 3.05) is 13.1 Å². The third kappa shape index (κ3) is 2.40. The molecular weight excluding hydrogens is 203 g/mol. The fourth-order valence-corrected chi connectivity index (χ4v) is 2.71. The van der Waals surface area contributed by atoms with Crippen molar-refractivity contribution in [3.8, 4) is 0 Å². The normalized spacial score (nSPS) is 24.9. The van der Waals surface area contributed by atoms with Gasteiger partial charge in [0.2, 0.25) is 0 Å². The first-order valence-electron chi connectivity index (χ1n) is 6.13. The van der Waals surface area contributed by atoms with Crippen molar-refractivity contribution in [2.24, 2.45) is 5.92 Å². The zero-order chi connectivity index (χ0) is 11.4. The molecule has 1 aromatic heterocycles. The molecule has 0 aliphatic heterocycles. The average Bonchev–Trinajstić information content (AvgIpc) is 2.75. The Kier molecular flexibility index (Phi) is 3.88. The van der Waals surface area contributed by atoms with Gasteiger partial charge in [0.25, 0.3) is 0 Å². The van der Waals surface area contributed by atoms with Crippen molar-refractivity contribution in [3.05, 3.63) is 29.8 Å². The van der Waals surface area contributed by atoms with E-state index in [9.17, 15) is 4.39 Å². The van der Waals surface area contributed by atoms with Crippen LogP contribution < -0.4 is 5.32 Å². The molecule has 2 nitrogen and oxygen atoms in total. The highest BCUT2D eigenvalue weighted by molar-refractivity contribution is 5.20. The van der Waals surface area contributed by atoms with Gasteiger partial charge in [-0.1, -0.05) is 13.3 Å². The van der Waals surface area contributed by atoms with E-state index < -0.39 is 0 Å². The molecule has 16 heavy (non-hydrogen) atoms. The fourth-order valence-electron chi connectivity index (χ4n) is 2.71. The van der Waals surface area contributed by atoms with Gasteiger partial charge in [0.05, 0.1) is 6.20 Å². The number of halogens is 1. The van der Waals surface area contributed by atoms with E-state index >= 15 is 0 Å². The van der Waals surface area contributed by atoms with Gasteiger partial charge in [0, 0.05) is 6.20 Å². The lowest BCUT2D eigenvalue weighted by Gasteiger charge is -2.20. The molecule has 3 heteroatoms. The highest BCUT2D eigenvalue weighted by Crippen LogP contribution is 2.39. The van der Waals surface area contributed by atoms with E-state index in [1.54, 1.807) is 6.20 Å². The maximum absolute atomic E-state index is 13.7. The van der Waals surface area contributed by atoms with Crippen LogP contribution in [0.4, 0.5) is 4.39 Å². The molecule has 1 N–H and O–H groups in total. The van der Waals surface area contributed by atoms with Gasteiger partial charge in [0.1, 0.15) is 5.82 Å². The standard InChI is InChI=1S/C13H19FN2/c1-2-15-8-10-4-3-5-11(10)12-6-7-16-9-13(12)14/h6-7,9-11,15H,2-5,8H2,1H3. The van der Waals surface area contributed by atoms with Gasteiger partial charge < -0.3 is 5.32 Å². The molecule has 0 bridgehead atoms. The van der Waals surface area contributed by atoms with Crippen LogP contribution in [0, 0.1) is 11.7 Å². The van der Waals surface area contributed by atoms with E-state index in [-0.39, 0.29) is 5.82 Å². The largest absolute Gasteiger partial charge is 0.317 e. The Balaban J connectivity index is 2.10. The topological polar surface area (TPSA) is 24.9 Å². The zero-order valence-electron chi connectivity index (χ0n) is 9.75. The predicted molar refractivity (Wildman–Crippen MR) is 62.8 cm³/mol. The smallest absolute Gasteiger partial charge is 0.144 e. The summed E-state index contributed by atoms with van der Waals surface area (Å²) in [5, 5.41) is 3.37. The van der Waals surface area contributed by atoms with Crippen LogP contribution in [-0.4, -0.2) is 18.1 Å². The monoisotopic (exact) mass is 222 g/mol. The Morgan fingerprint density at radius 3 is 3.12 bits per heavy atom. The van der Waals surface area contributed by atoms with Crippen LogP contribution in [0.15, 0.2) is 18.5 Å². The Bertz CT molecular complexity index is 340. The molecule has 0 spiro atoms. The molecular formula is C13H19FN2. The Morgan fingerprint density at radius 1 is 1.50 bits per heavy atom. The summed E-state index contributed by atoms with van der Waals surface area (Å²) in [5.41, 5.74) is 0.857. The molecule has 0 aromatic carbocycles. The van der Waals surface area contributed by atoms with Gasteiger partial charge in [-0.3, -0.25) is 4.98 Å². The highest BCUT2D eigenvalue weighted by Gasteiger charge is 2.29. The quantitative estimate of drug-likeness (QED) is 0.847. The molecule has 1 aliphatic rings. The van der Waals surface area contributed by atoms with E-state index in [1.165, 1.54) is 19.0 Å². The molecule has 1 saturated carbocycles. The molecule has 1 fully saturated rings. The zero-order valence-corrected chi connectivity index (χ0v) is 9.75. The Hall–Kier alpha value is -0.960. The second-order valence-corrected chi connectivity index (χ2v) is 4.50. The Morgan fingerprint density at radius 2 is 2.38 bits per heavy atom. The number of rotatable bonds is 4. The minimum atomic E-state index is -0.143. The van der Waals surface area contributed by atoms with Crippen LogP contribution in [0.3, 0.4) is 0 Å². The molecule has 88 valence electrons. The minimum Gasteiger partial charge on any atom is -0.317 e. The summed E-state index contributed by atoms with van der Waals surface area (Å²) < 4.78 is 13.7. The van der Waals surface area contributed by atoms with Crippen molar-refractivity contribution in [2.45, 2.75) is 32.1 Å². The van der Waals surface area contributed by atoms with Crippen molar-refractivity contribution < 1.29 is 4.39 Å². The number of aromatic nitrogens is 1. The number of hydrogen-bond donors (Lipinski definition) is 1. The van der Waals surface area contributed by atoms with Gasteiger partial charge in [-0.25, -0.2) is 4.39 Å². The second-order valence-electron chi connectivity index (χ2n) is 4.50. The van der Waals surface area contributed by atoms with E-state index in [0.717, 1.165) is 25.1 Å². The minimum absolute atomic E-state index is 0.143. The van der Waals surface area contributed by atoms with Crippen molar-refractivity contribution in [3.63, 3.8) is 0 Å².